The second kappa shape index (κ2) is 9.45. The molecular weight excluding hydrogens is 511 g/mol. The van der Waals surface area contributed by atoms with Crippen LogP contribution in [0.2, 0.25) is 0 Å². The van der Waals surface area contributed by atoms with E-state index in [1.54, 1.807) is 40.9 Å². The van der Waals surface area contributed by atoms with Gasteiger partial charge in [-0.3, -0.25) is 9.36 Å². The van der Waals surface area contributed by atoms with E-state index in [1.807, 2.05) is 60.7 Å². The molecule has 0 N–H and O–H groups in total. The van der Waals surface area contributed by atoms with Crippen molar-refractivity contribution in [2.24, 2.45) is 0 Å². The van der Waals surface area contributed by atoms with Gasteiger partial charge in [0.15, 0.2) is 11.5 Å². The summed E-state index contributed by atoms with van der Waals surface area (Å²) in [6, 6.07) is 30.9. The van der Waals surface area contributed by atoms with E-state index < -0.39 is 5.82 Å². The van der Waals surface area contributed by atoms with Crippen LogP contribution >= 0.6 is 11.8 Å². The van der Waals surface area contributed by atoms with Crippen molar-refractivity contribution < 1.29 is 4.39 Å². The molecule has 39 heavy (non-hydrogen) atoms. The Morgan fingerprint density at radius 2 is 1.38 bits per heavy atom. The largest absolute Gasteiger partial charge is 0.268 e. The molecule has 7 aromatic rings. The predicted molar refractivity (Wildman–Crippen MR) is 151 cm³/mol. The Balaban J connectivity index is 1.36. The summed E-state index contributed by atoms with van der Waals surface area (Å²) in [5.74, 6) is 0.825. The third kappa shape index (κ3) is 4.04. The van der Waals surface area contributed by atoms with Gasteiger partial charge in [0.25, 0.3) is 5.56 Å². The first-order chi connectivity index (χ1) is 19.2. The number of nitrogens with zero attached hydrogens (tertiary/aromatic N) is 6. The van der Waals surface area contributed by atoms with Crippen LogP contribution in [0, 0.1) is 5.82 Å². The molecule has 7 nitrogen and oxygen atoms in total. The van der Waals surface area contributed by atoms with E-state index in [0.29, 0.717) is 33.4 Å². The van der Waals surface area contributed by atoms with Crippen LogP contribution in [0.4, 0.5) is 4.39 Å². The molecule has 0 bridgehead atoms. The maximum absolute atomic E-state index is 14.9. The molecule has 188 valence electrons. The number of halogens is 1. The van der Waals surface area contributed by atoms with Gasteiger partial charge in [0, 0.05) is 10.9 Å². The summed E-state index contributed by atoms with van der Waals surface area (Å²) < 4.78 is 18.0. The van der Waals surface area contributed by atoms with E-state index >= 15 is 0 Å². The van der Waals surface area contributed by atoms with Crippen molar-refractivity contribution in [2.75, 3.05) is 0 Å². The number of hydrogen-bond donors (Lipinski definition) is 0. The van der Waals surface area contributed by atoms with Gasteiger partial charge in [-0.2, -0.15) is 4.52 Å². The lowest BCUT2D eigenvalue weighted by Crippen LogP contribution is -2.24. The molecule has 0 saturated heterocycles. The van der Waals surface area contributed by atoms with Crippen LogP contribution in [-0.4, -0.2) is 29.1 Å². The minimum atomic E-state index is -0.501. The van der Waals surface area contributed by atoms with Crippen LogP contribution in [0.1, 0.15) is 5.82 Å². The topological polar surface area (TPSA) is 78.0 Å². The fourth-order valence-corrected chi connectivity index (χ4v) is 5.40. The molecule has 0 spiro atoms. The lowest BCUT2D eigenvalue weighted by atomic mass is 10.2. The molecule has 0 amide bonds. The summed E-state index contributed by atoms with van der Waals surface area (Å²) in [5, 5.41) is 6.57. The van der Waals surface area contributed by atoms with Crippen molar-refractivity contribution >= 4 is 39.2 Å². The van der Waals surface area contributed by atoms with Gasteiger partial charge < -0.3 is 0 Å². The molecule has 7 rings (SSSR count). The minimum absolute atomic E-state index is 0.154. The summed E-state index contributed by atoms with van der Waals surface area (Å²) in [4.78, 5) is 27.9. The third-order valence-electron chi connectivity index (χ3n) is 6.46. The van der Waals surface area contributed by atoms with Crippen LogP contribution in [0.3, 0.4) is 0 Å². The average molecular weight is 531 g/mol. The molecule has 0 aliphatic rings. The Morgan fingerprint density at radius 1 is 0.718 bits per heavy atom. The normalized spacial score (nSPS) is 11.5. The molecule has 0 fully saturated rings. The monoisotopic (exact) mass is 530 g/mol. The van der Waals surface area contributed by atoms with E-state index in [9.17, 15) is 9.18 Å². The molecule has 0 radical (unpaired) electrons. The molecule has 0 aliphatic heterocycles. The zero-order valence-electron chi connectivity index (χ0n) is 20.4. The molecule has 9 heteroatoms. The Hall–Kier alpha value is -4.89. The summed E-state index contributed by atoms with van der Waals surface area (Å²) in [6.45, 7) is 0. The molecule has 3 aromatic heterocycles. The van der Waals surface area contributed by atoms with Crippen LogP contribution in [0.5, 0.6) is 0 Å². The van der Waals surface area contributed by atoms with Gasteiger partial charge in [-0.1, -0.05) is 78.5 Å². The van der Waals surface area contributed by atoms with Crippen molar-refractivity contribution in [3.63, 3.8) is 0 Å². The Morgan fingerprint density at radius 3 is 2.18 bits per heavy atom. The first-order valence-electron chi connectivity index (χ1n) is 12.3. The van der Waals surface area contributed by atoms with E-state index in [-0.39, 0.29) is 17.0 Å². The molecule has 0 unspecified atom stereocenters. The first-order valence-corrected chi connectivity index (χ1v) is 13.3. The average Bonchev–Trinajstić information content (AvgIpc) is 3.41. The maximum Gasteiger partial charge on any atom is 0.266 e. The van der Waals surface area contributed by atoms with Crippen LogP contribution in [0.15, 0.2) is 113 Å². The van der Waals surface area contributed by atoms with Gasteiger partial charge in [0.1, 0.15) is 11.6 Å². The van der Waals surface area contributed by atoms with Crippen LogP contribution < -0.4 is 5.56 Å². The maximum atomic E-state index is 14.9. The highest BCUT2D eigenvalue weighted by Crippen LogP contribution is 2.28. The summed E-state index contributed by atoms with van der Waals surface area (Å²) in [5.41, 5.74) is 2.79. The SMILES string of the molecule is O=c1c2ccccc2nc(CSc2nc3c4ccccc4nc(-c4ccccc4)n3n2)n1-c1ccccc1F. The number of benzene rings is 4. The highest BCUT2D eigenvalue weighted by Gasteiger charge is 2.18. The number of thioether (sulfide) groups is 1. The second-order valence-corrected chi connectivity index (χ2v) is 9.82. The summed E-state index contributed by atoms with van der Waals surface area (Å²) in [7, 11) is 0. The predicted octanol–water partition coefficient (Wildman–Crippen LogP) is 6.08. The van der Waals surface area contributed by atoms with Crippen molar-refractivity contribution in [3.05, 3.63) is 125 Å². The molecule has 0 aliphatic carbocycles. The highest BCUT2D eigenvalue weighted by atomic mass is 32.2. The van der Waals surface area contributed by atoms with E-state index in [1.165, 1.54) is 22.4 Å². The van der Waals surface area contributed by atoms with Gasteiger partial charge in [0.05, 0.1) is 27.9 Å². The zero-order chi connectivity index (χ0) is 26.3. The molecule has 0 saturated carbocycles. The van der Waals surface area contributed by atoms with Crippen molar-refractivity contribution in [3.8, 4) is 17.1 Å². The number of hydrogen-bond acceptors (Lipinski definition) is 6. The molecule has 4 aromatic carbocycles. The lowest BCUT2D eigenvalue weighted by molar-refractivity contribution is 0.613. The highest BCUT2D eigenvalue weighted by molar-refractivity contribution is 7.98. The van der Waals surface area contributed by atoms with Gasteiger partial charge in [-0.05, 0) is 36.4 Å². The molecule has 0 atom stereocenters. The molecule has 3 heterocycles. The van der Waals surface area contributed by atoms with E-state index in [2.05, 4.69) is 0 Å². The summed E-state index contributed by atoms with van der Waals surface area (Å²) in [6.07, 6.45) is 0. The van der Waals surface area contributed by atoms with Crippen molar-refractivity contribution in [1.29, 1.82) is 0 Å². The Kier molecular flexibility index (Phi) is 5.63. The summed E-state index contributed by atoms with van der Waals surface area (Å²) >= 11 is 1.33. The van der Waals surface area contributed by atoms with Crippen LogP contribution in [0.25, 0.3) is 44.5 Å². The van der Waals surface area contributed by atoms with E-state index in [0.717, 1.165) is 16.5 Å². The number of aromatic nitrogens is 6. The van der Waals surface area contributed by atoms with Crippen LogP contribution in [-0.2, 0) is 5.75 Å². The standard InChI is InChI=1S/C30H19FN6OS/c31-22-14-6-9-17-25(22)36-26(32-24-16-8-5-13-21(24)29(36)38)18-39-30-34-28-20-12-4-7-15-23(20)33-27(37(28)35-30)19-10-2-1-3-11-19/h1-17H,18H2. The molecular formula is C30H19FN6OS. The smallest absolute Gasteiger partial charge is 0.266 e. The van der Waals surface area contributed by atoms with Crippen molar-refractivity contribution in [2.45, 2.75) is 10.9 Å². The Bertz CT molecular complexity index is 2070. The van der Waals surface area contributed by atoms with Gasteiger partial charge in [-0.15, -0.1) is 5.10 Å². The van der Waals surface area contributed by atoms with Gasteiger partial charge >= 0.3 is 0 Å². The quantitative estimate of drug-likeness (QED) is 0.251. The van der Waals surface area contributed by atoms with Gasteiger partial charge in [-0.25, -0.2) is 19.3 Å². The number of fused-ring (bicyclic) bond motifs is 4. The first kappa shape index (κ1) is 23.2. The number of rotatable bonds is 5. The fraction of sp³-hybridized carbons (Fsp3) is 0.0333. The lowest BCUT2D eigenvalue weighted by Gasteiger charge is -2.13. The third-order valence-corrected chi connectivity index (χ3v) is 7.29. The van der Waals surface area contributed by atoms with Gasteiger partial charge in [0.2, 0.25) is 5.16 Å². The second-order valence-electron chi connectivity index (χ2n) is 8.87. The Labute approximate surface area is 225 Å². The minimum Gasteiger partial charge on any atom is -0.268 e. The van der Waals surface area contributed by atoms with Crippen molar-refractivity contribution in [1.82, 2.24) is 29.1 Å². The zero-order valence-corrected chi connectivity index (χ0v) is 21.2. The fourth-order valence-electron chi connectivity index (χ4n) is 4.66. The number of para-hydroxylation sites is 3. The van der Waals surface area contributed by atoms with E-state index in [4.69, 9.17) is 20.1 Å².